The van der Waals surface area contributed by atoms with Gasteiger partial charge in [0.2, 0.25) is 17.7 Å². The standard InChI is InChI=1S/C19H28N4O3/c1-19(2,3)18(26)20-13-17(25)23-11-9-22(10-12-23)14-16(24)21-15-7-5-4-6-8-15/h4-8H,9-14H2,1-3H3,(H,20,26)(H,21,24). The van der Waals surface area contributed by atoms with Crippen molar-refractivity contribution >= 4 is 23.4 Å². The maximum absolute atomic E-state index is 12.2. The highest BCUT2D eigenvalue weighted by Crippen LogP contribution is 2.12. The average molecular weight is 360 g/mol. The number of nitrogens with zero attached hydrogens (tertiary/aromatic N) is 2. The summed E-state index contributed by atoms with van der Waals surface area (Å²) in [4.78, 5) is 39.9. The molecule has 0 atom stereocenters. The second-order valence-electron chi connectivity index (χ2n) is 7.50. The van der Waals surface area contributed by atoms with Crippen LogP contribution in [0.1, 0.15) is 20.8 Å². The normalized spacial score (nSPS) is 15.4. The Bertz CT molecular complexity index is 632. The molecule has 1 aromatic carbocycles. The van der Waals surface area contributed by atoms with Gasteiger partial charge in [-0.15, -0.1) is 0 Å². The SMILES string of the molecule is CC(C)(C)C(=O)NCC(=O)N1CCN(CC(=O)Nc2ccccc2)CC1. The molecule has 0 saturated carbocycles. The van der Waals surface area contributed by atoms with Crippen molar-refractivity contribution in [1.29, 1.82) is 0 Å². The number of nitrogens with one attached hydrogen (secondary N) is 2. The van der Waals surface area contributed by atoms with Crippen molar-refractivity contribution in [3.8, 4) is 0 Å². The Morgan fingerprint density at radius 3 is 2.19 bits per heavy atom. The van der Waals surface area contributed by atoms with Gasteiger partial charge < -0.3 is 15.5 Å². The molecule has 1 aromatic rings. The summed E-state index contributed by atoms with van der Waals surface area (Å²) in [6.07, 6.45) is 0. The van der Waals surface area contributed by atoms with E-state index in [-0.39, 0.29) is 24.3 Å². The Morgan fingerprint density at radius 2 is 1.62 bits per heavy atom. The largest absolute Gasteiger partial charge is 0.347 e. The Balaban J connectivity index is 1.70. The monoisotopic (exact) mass is 360 g/mol. The van der Waals surface area contributed by atoms with Crippen molar-refractivity contribution in [3.63, 3.8) is 0 Å². The first-order valence-corrected chi connectivity index (χ1v) is 8.89. The van der Waals surface area contributed by atoms with Gasteiger partial charge in [0.1, 0.15) is 0 Å². The van der Waals surface area contributed by atoms with E-state index < -0.39 is 5.41 Å². The summed E-state index contributed by atoms with van der Waals surface area (Å²) in [6, 6.07) is 9.34. The number of carbonyl (C=O) groups is 3. The summed E-state index contributed by atoms with van der Waals surface area (Å²) < 4.78 is 0. The van der Waals surface area contributed by atoms with E-state index in [1.54, 1.807) is 4.90 Å². The molecule has 7 heteroatoms. The van der Waals surface area contributed by atoms with Crippen LogP contribution in [0.25, 0.3) is 0 Å². The van der Waals surface area contributed by atoms with Crippen molar-refractivity contribution in [3.05, 3.63) is 30.3 Å². The lowest BCUT2D eigenvalue weighted by atomic mass is 9.96. The van der Waals surface area contributed by atoms with Gasteiger partial charge in [0.05, 0.1) is 13.1 Å². The van der Waals surface area contributed by atoms with Gasteiger partial charge >= 0.3 is 0 Å². The fourth-order valence-corrected chi connectivity index (χ4v) is 2.61. The van der Waals surface area contributed by atoms with E-state index >= 15 is 0 Å². The summed E-state index contributed by atoms with van der Waals surface area (Å²) >= 11 is 0. The van der Waals surface area contributed by atoms with Crippen LogP contribution in [0.15, 0.2) is 30.3 Å². The number of hydrogen-bond donors (Lipinski definition) is 2. The molecule has 1 heterocycles. The van der Waals surface area contributed by atoms with Crippen LogP contribution < -0.4 is 10.6 Å². The minimum atomic E-state index is -0.509. The van der Waals surface area contributed by atoms with Gasteiger partial charge in [0.15, 0.2) is 0 Å². The third-order valence-electron chi connectivity index (χ3n) is 4.23. The molecule has 0 bridgehead atoms. The van der Waals surface area contributed by atoms with Gasteiger partial charge in [-0.25, -0.2) is 0 Å². The van der Waals surface area contributed by atoms with E-state index in [0.717, 1.165) is 5.69 Å². The molecule has 2 N–H and O–H groups in total. The van der Waals surface area contributed by atoms with E-state index in [4.69, 9.17) is 0 Å². The third kappa shape index (κ3) is 6.15. The quantitative estimate of drug-likeness (QED) is 0.819. The fraction of sp³-hybridized carbons (Fsp3) is 0.526. The lowest BCUT2D eigenvalue weighted by Crippen LogP contribution is -2.53. The van der Waals surface area contributed by atoms with Crippen LogP contribution in [0.4, 0.5) is 5.69 Å². The summed E-state index contributed by atoms with van der Waals surface area (Å²) in [5.74, 6) is -0.286. The maximum atomic E-state index is 12.2. The lowest BCUT2D eigenvalue weighted by Gasteiger charge is -2.34. The van der Waals surface area contributed by atoms with E-state index in [9.17, 15) is 14.4 Å². The predicted octanol–water partition coefficient (Wildman–Crippen LogP) is 0.932. The molecular formula is C19H28N4O3. The number of benzene rings is 1. The molecule has 7 nitrogen and oxygen atoms in total. The Kier molecular flexibility index (Phi) is 6.74. The van der Waals surface area contributed by atoms with Crippen molar-refractivity contribution in [2.75, 3.05) is 44.6 Å². The van der Waals surface area contributed by atoms with Crippen LogP contribution >= 0.6 is 0 Å². The van der Waals surface area contributed by atoms with Crippen molar-refractivity contribution in [2.24, 2.45) is 5.41 Å². The van der Waals surface area contributed by atoms with Crippen LogP contribution in [-0.2, 0) is 14.4 Å². The molecule has 0 aromatic heterocycles. The van der Waals surface area contributed by atoms with E-state index in [0.29, 0.717) is 32.7 Å². The van der Waals surface area contributed by atoms with Crippen molar-refractivity contribution in [1.82, 2.24) is 15.1 Å². The molecular weight excluding hydrogens is 332 g/mol. The van der Waals surface area contributed by atoms with Crippen molar-refractivity contribution in [2.45, 2.75) is 20.8 Å². The Labute approximate surface area is 154 Å². The summed E-state index contributed by atoms with van der Waals surface area (Å²) in [6.45, 7) is 8.15. The third-order valence-corrected chi connectivity index (χ3v) is 4.23. The predicted molar refractivity (Wildman–Crippen MR) is 101 cm³/mol. The minimum Gasteiger partial charge on any atom is -0.347 e. The first-order valence-electron chi connectivity index (χ1n) is 8.89. The summed E-state index contributed by atoms with van der Waals surface area (Å²) in [5, 5.41) is 5.54. The number of hydrogen-bond acceptors (Lipinski definition) is 4. The molecule has 26 heavy (non-hydrogen) atoms. The van der Waals surface area contributed by atoms with Gasteiger partial charge in [0.25, 0.3) is 0 Å². The average Bonchev–Trinajstić information content (AvgIpc) is 2.60. The van der Waals surface area contributed by atoms with Gasteiger partial charge in [-0.3, -0.25) is 19.3 Å². The highest BCUT2D eigenvalue weighted by atomic mass is 16.2. The van der Waals surface area contributed by atoms with Gasteiger partial charge in [-0.2, -0.15) is 0 Å². The molecule has 0 radical (unpaired) electrons. The Morgan fingerprint density at radius 1 is 1.00 bits per heavy atom. The fourth-order valence-electron chi connectivity index (χ4n) is 2.61. The zero-order chi connectivity index (χ0) is 19.2. The van der Waals surface area contributed by atoms with Crippen molar-refractivity contribution < 1.29 is 14.4 Å². The van der Waals surface area contributed by atoms with Gasteiger partial charge in [0, 0.05) is 37.3 Å². The van der Waals surface area contributed by atoms with E-state index in [1.807, 2.05) is 56.0 Å². The maximum Gasteiger partial charge on any atom is 0.242 e. The molecule has 2 rings (SSSR count). The number of carbonyl (C=O) groups excluding carboxylic acids is 3. The molecule has 0 aliphatic carbocycles. The molecule has 1 aliphatic rings. The van der Waals surface area contributed by atoms with Crippen LogP contribution in [-0.4, -0.2) is 66.8 Å². The highest BCUT2D eigenvalue weighted by molar-refractivity contribution is 5.92. The van der Waals surface area contributed by atoms with Crippen LogP contribution in [0.2, 0.25) is 0 Å². The Hall–Kier alpha value is -2.41. The molecule has 1 fully saturated rings. The molecule has 1 aliphatic heterocycles. The lowest BCUT2D eigenvalue weighted by molar-refractivity contribution is -0.136. The highest BCUT2D eigenvalue weighted by Gasteiger charge is 2.25. The van der Waals surface area contributed by atoms with Gasteiger partial charge in [-0.1, -0.05) is 39.0 Å². The number of para-hydroxylation sites is 1. The zero-order valence-corrected chi connectivity index (χ0v) is 15.7. The molecule has 3 amide bonds. The topological polar surface area (TPSA) is 81.8 Å². The number of rotatable bonds is 5. The second-order valence-corrected chi connectivity index (χ2v) is 7.50. The number of anilines is 1. The minimum absolute atomic E-state index is 0.0184. The molecule has 1 saturated heterocycles. The van der Waals surface area contributed by atoms with Crippen LogP contribution in [0.5, 0.6) is 0 Å². The number of piperazine rings is 1. The number of amides is 3. The van der Waals surface area contributed by atoms with Crippen LogP contribution in [0.3, 0.4) is 0 Å². The zero-order valence-electron chi connectivity index (χ0n) is 15.7. The van der Waals surface area contributed by atoms with E-state index in [1.165, 1.54) is 0 Å². The molecule has 142 valence electrons. The van der Waals surface area contributed by atoms with E-state index in [2.05, 4.69) is 10.6 Å². The summed E-state index contributed by atoms with van der Waals surface area (Å²) in [7, 11) is 0. The second kappa shape index (κ2) is 8.80. The molecule has 0 spiro atoms. The van der Waals surface area contributed by atoms with Gasteiger partial charge in [-0.05, 0) is 12.1 Å². The first-order chi connectivity index (χ1) is 12.3. The van der Waals surface area contributed by atoms with Crippen LogP contribution in [0, 0.1) is 5.41 Å². The summed E-state index contributed by atoms with van der Waals surface area (Å²) in [5.41, 5.74) is 0.270. The first kappa shape index (κ1) is 19.9. The smallest absolute Gasteiger partial charge is 0.242 e. The molecule has 0 unspecified atom stereocenters.